The first kappa shape index (κ1) is 14.1. The lowest BCUT2D eigenvalue weighted by atomic mass is 10.1. The lowest BCUT2D eigenvalue weighted by Crippen LogP contribution is -2.05. The van der Waals surface area contributed by atoms with Crippen LogP contribution in [-0.2, 0) is 17.8 Å². The Morgan fingerprint density at radius 3 is 2.73 bits per heavy atom. The molecule has 6 nitrogen and oxygen atoms in total. The van der Waals surface area contributed by atoms with Gasteiger partial charge in [0, 0.05) is 18.6 Å². The highest BCUT2D eigenvalue weighted by molar-refractivity contribution is 5.90. The van der Waals surface area contributed by atoms with E-state index in [0.29, 0.717) is 17.7 Å². The maximum Gasteiger partial charge on any atom is 0.338 e. The summed E-state index contributed by atoms with van der Waals surface area (Å²) < 4.78 is 10.6. The number of rotatable bonds is 4. The average Bonchev–Trinajstić information content (AvgIpc) is 3.00. The third kappa shape index (κ3) is 2.90. The van der Waals surface area contributed by atoms with Crippen LogP contribution in [0.2, 0.25) is 0 Å². The lowest BCUT2D eigenvalue weighted by Gasteiger charge is -2.06. The van der Waals surface area contributed by atoms with Crippen LogP contribution in [0.3, 0.4) is 0 Å². The molecule has 0 bridgehead atoms. The summed E-state index contributed by atoms with van der Waals surface area (Å²) in [6.07, 6.45) is 0.790. The van der Waals surface area contributed by atoms with Crippen molar-refractivity contribution in [3.05, 3.63) is 69.3 Å². The van der Waals surface area contributed by atoms with Crippen LogP contribution in [0.25, 0.3) is 0 Å². The van der Waals surface area contributed by atoms with Crippen LogP contribution < -0.4 is 4.74 Å². The van der Waals surface area contributed by atoms with Crippen molar-refractivity contribution in [1.82, 2.24) is 0 Å². The molecular formula is C16H13NO5. The molecule has 0 fully saturated rings. The highest BCUT2D eigenvalue weighted by atomic mass is 16.6. The maximum absolute atomic E-state index is 12.0. The first-order valence-electron chi connectivity index (χ1n) is 6.79. The van der Waals surface area contributed by atoms with E-state index < -0.39 is 10.9 Å². The highest BCUT2D eigenvalue weighted by Gasteiger charge is 2.16. The molecule has 1 aliphatic heterocycles. The zero-order valence-corrected chi connectivity index (χ0v) is 11.7. The van der Waals surface area contributed by atoms with Crippen LogP contribution in [-0.4, -0.2) is 17.5 Å². The lowest BCUT2D eigenvalue weighted by molar-refractivity contribution is -0.384. The van der Waals surface area contributed by atoms with Crippen molar-refractivity contribution >= 4 is 11.7 Å². The topological polar surface area (TPSA) is 78.7 Å². The predicted molar refractivity (Wildman–Crippen MR) is 77.9 cm³/mol. The molecule has 6 heteroatoms. The molecule has 1 aliphatic rings. The molecule has 2 aromatic rings. The maximum atomic E-state index is 12.0. The van der Waals surface area contributed by atoms with Crippen LogP contribution in [0.5, 0.6) is 5.75 Å². The Labute approximate surface area is 126 Å². The number of nitro groups is 1. The molecule has 112 valence electrons. The molecule has 0 saturated heterocycles. The number of carbonyl (C=O) groups is 1. The Morgan fingerprint density at radius 1 is 1.23 bits per heavy atom. The van der Waals surface area contributed by atoms with Crippen molar-refractivity contribution in [3.8, 4) is 5.75 Å². The highest BCUT2D eigenvalue weighted by Crippen LogP contribution is 2.26. The molecule has 22 heavy (non-hydrogen) atoms. The molecular weight excluding hydrogens is 286 g/mol. The fraction of sp³-hybridized carbons (Fsp3) is 0.188. The van der Waals surface area contributed by atoms with Gasteiger partial charge in [0.15, 0.2) is 0 Å². The summed E-state index contributed by atoms with van der Waals surface area (Å²) in [4.78, 5) is 22.1. The summed E-state index contributed by atoms with van der Waals surface area (Å²) >= 11 is 0. The summed E-state index contributed by atoms with van der Waals surface area (Å²) in [5.74, 6) is 0.389. The predicted octanol–water partition coefficient (Wildman–Crippen LogP) is 2.89. The molecule has 0 amide bonds. The zero-order valence-electron chi connectivity index (χ0n) is 11.7. The molecule has 2 aromatic carbocycles. The monoisotopic (exact) mass is 299 g/mol. The number of benzene rings is 2. The van der Waals surface area contributed by atoms with Gasteiger partial charge in [-0.05, 0) is 41.5 Å². The van der Waals surface area contributed by atoms with E-state index >= 15 is 0 Å². The molecule has 0 N–H and O–H groups in total. The van der Waals surface area contributed by atoms with E-state index in [1.54, 1.807) is 30.3 Å². The van der Waals surface area contributed by atoms with Gasteiger partial charge in [-0.25, -0.2) is 4.79 Å². The molecule has 0 atom stereocenters. The van der Waals surface area contributed by atoms with Crippen LogP contribution in [0.1, 0.15) is 21.5 Å². The van der Waals surface area contributed by atoms with Gasteiger partial charge < -0.3 is 9.47 Å². The summed E-state index contributed by atoms with van der Waals surface area (Å²) in [7, 11) is 0. The Hall–Kier alpha value is -2.89. The Bertz CT molecular complexity index is 724. The minimum Gasteiger partial charge on any atom is -0.493 e. The molecule has 0 aliphatic carbocycles. The van der Waals surface area contributed by atoms with Gasteiger partial charge >= 0.3 is 5.97 Å². The zero-order chi connectivity index (χ0) is 15.5. The third-order valence-corrected chi connectivity index (χ3v) is 3.44. The number of hydrogen-bond donors (Lipinski definition) is 0. The number of nitrogens with zero attached hydrogens (tertiary/aromatic N) is 1. The largest absolute Gasteiger partial charge is 0.493 e. The van der Waals surface area contributed by atoms with Crippen molar-refractivity contribution in [1.29, 1.82) is 0 Å². The van der Waals surface area contributed by atoms with Crippen molar-refractivity contribution in [2.45, 2.75) is 13.0 Å². The Kier molecular flexibility index (Phi) is 3.74. The van der Waals surface area contributed by atoms with Gasteiger partial charge in [-0.1, -0.05) is 0 Å². The van der Waals surface area contributed by atoms with E-state index in [1.807, 2.05) is 0 Å². The van der Waals surface area contributed by atoms with Crippen LogP contribution in [0.4, 0.5) is 5.69 Å². The molecule has 0 radical (unpaired) electrons. The van der Waals surface area contributed by atoms with Gasteiger partial charge in [-0.15, -0.1) is 0 Å². The minimum atomic E-state index is -0.470. The van der Waals surface area contributed by atoms with Crippen molar-refractivity contribution in [2.75, 3.05) is 6.61 Å². The molecule has 0 unspecified atom stereocenters. The standard InChI is InChI=1S/C16H13NO5/c18-16(13-3-6-15-12(9-13)7-8-21-15)22-10-11-1-4-14(5-2-11)17(19)20/h1-6,9H,7-8,10H2. The summed E-state index contributed by atoms with van der Waals surface area (Å²) in [5.41, 5.74) is 2.19. The van der Waals surface area contributed by atoms with E-state index in [9.17, 15) is 14.9 Å². The molecule has 0 aromatic heterocycles. The first-order valence-corrected chi connectivity index (χ1v) is 6.79. The number of nitro benzene ring substituents is 1. The second-order valence-corrected chi connectivity index (χ2v) is 4.92. The number of hydrogen-bond acceptors (Lipinski definition) is 5. The third-order valence-electron chi connectivity index (χ3n) is 3.44. The van der Waals surface area contributed by atoms with E-state index in [0.717, 1.165) is 17.7 Å². The SMILES string of the molecule is O=C(OCc1ccc([N+](=O)[O-])cc1)c1ccc2c(c1)CCO2. The van der Waals surface area contributed by atoms with Gasteiger partial charge in [0.2, 0.25) is 0 Å². The fourth-order valence-corrected chi connectivity index (χ4v) is 2.26. The normalized spacial score (nSPS) is 12.4. The average molecular weight is 299 g/mol. The van der Waals surface area contributed by atoms with Gasteiger partial charge in [-0.3, -0.25) is 10.1 Å². The van der Waals surface area contributed by atoms with Crippen LogP contribution >= 0.6 is 0 Å². The van der Waals surface area contributed by atoms with E-state index in [-0.39, 0.29) is 12.3 Å². The van der Waals surface area contributed by atoms with Gasteiger partial charge in [0.1, 0.15) is 12.4 Å². The van der Waals surface area contributed by atoms with Crippen LogP contribution in [0, 0.1) is 10.1 Å². The van der Waals surface area contributed by atoms with E-state index in [1.165, 1.54) is 12.1 Å². The van der Waals surface area contributed by atoms with Crippen LogP contribution in [0.15, 0.2) is 42.5 Å². The Morgan fingerprint density at radius 2 is 2.00 bits per heavy atom. The number of non-ortho nitro benzene ring substituents is 1. The van der Waals surface area contributed by atoms with Crippen molar-refractivity contribution in [2.24, 2.45) is 0 Å². The number of esters is 1. The fourth-order valence-electron chi connectivity index (χ4n) is 2.26. The summed E-state index contributed by atoms with van der Waals surface area (Å²) in [5, 5.41) is 10.6. The molecule has 0 spiro atoms. The van der Waals surface area contributed by atoms with Crippen molar-refractivity contribution < 1.29 is 19.2 Å². The second kappa shape index (κ2) is 5.85. The Balaban J connectivity index is 1.63. The van der Waals surface area contributed by atoms with E-state index in [4.69, 9.17) is 9.47 Å². The minimum absolute atomic E-state index is 0.00805. The van der Waals surface area contributed by atoms with Gasteiger partial charge in [-0.2, -0.15) is 0 Å². The smallest absolute Gasteiger partial charge is 0.338 e. The second-order valence-electron chi connectivity index (χ2n) is 4.92. The molecule has 3 rings (SSSR count). The quantitative estimate of drug-likeness (QED) is 0.493. The van der Waals surface area contributed by atoms with Crippen molar-refractivity contribution in [3.63, 3.8) is 0 Å². The van der Waals surface area contributed by atoms with Gasteiger partial charge in [0.25, 0.3) is 5.69 Å². The summed E-state index contributed by atoms with van der Waals surface area (Å²) in [6, 6.07) is 11.1. The summed E-state index contributed by atoms with van der Waals surface area (Å²) in [6.45, 7) is 0.709. The number of fused-ring (bicyclic) bond motifs is 1. The first-order chi connectivity index (χ1) is 10.6. The van der Waals surface area contributed by atoms with Gasteiger partial charge in [0.05, 0.1) is 17.1 Å². The number of ether oxygens (including phenoxy) is 2. The van der Waals surface area contributed by atoms with E-state index in [2.05, 4.69) is 0 Å². The molecule has 0 saturated carbocycles. The number of carbonyl (C=O) groups excluding carboxylic acids is 1. The molecule has 1 heterocycles.